The van der Waals surface area contributed by atoms with Crippen molar-refractivity contribution >= 4 is 16.7 Å². The van der Waals surface area contributed by atoms with Crippen molar-refractivity contribution in [2.75, 3.05) is 19.0 Å². The highest BCUT2D eigenvalue weighted by molar-refractivity contribution is 5.94. The van der Waals surface area contributed by atoms with Gasteiger partial charge in [-0.25, -0.2) is 4.98 Å². The van der Waals surface area contributed by atoms with Crippen molar-refractivity contribution in [1.29, 1.82) is 0 Å². The molecule has 0 spiro atoms. The Morgan fingerprint density at radius 2 is 2.15 bits per heavy atom. The first-order valence-corrected chi connectivity index (χ1v) is 6.54. The van der Waals surface area contributed by atoms with Crippen molar-refractivity contribution in [3.63, 3.8) is 0 Å². The third kappa shape index (κ3) is 2.18. The molecule has 0 bridgehead atoms. The molecule has 102 valence electrons. The molecule has 1 aromatic carbocycles. The lowest BCUT2D eigenvalue weighted by atomic mass is 10.1. The van der Waals surface area contributed by atoms with Gasteiger partial charge in [0.2, 0.25) is 0 Å². The highest BCUT2D eigenvalue weighted by Crippen LogP contribution is 2.29. The van der Waals surface area contributed by atoms with Gasteiger partial charge in [-0.2, -0.15) is 5.10 Å². The molecule has 5 nitrogen and oxygen atoms in total. The van der Waals surface area contributed by atoms with Crippen LogP contribution in [0.2, 0.25) is 0 Å². The largest absolute Gasteiger partial charge is 0.497 e. The van der Waals surface area contributed by atoms with Crippen LogP contribution in [-0.2, 0) is 0 Å². The van der Waals surface area contributed by atoms with Crippen LogP contribution in [-0.4, -0.2) is 28.8 Å². The number of rotatable bonds is 4. The van der Waals surface area contributed by atoms with Crippen LogP contribution in [0.3, 0.4) is 0 Å². The molecular weight excluding hydrogens is 252 g/mol. The van der Waals surface area contributed by atoms with Gasteiger partial charge in [-0.3, -0.25) is 5.10 Å². The molecule has 0 fully saturated rings. The standard InChI is InChI=1S/C15H16N4O/c1-3-16-14-8-10(6-7-17-14)15-12-9-11(20-2)4-5-13(12)18-19-15/h4-9H,3H2,1-2H3,(H,16,17)(H,18,19). The van der Waals surface area contributed by atoms with Gasteiger partial charge < -0.3 is 10.1 Å². The Labute approximate surface area is 117 Å². The zero-order valence-electron chi connectivity index (χ0n) is 11.5. The van der Waals surface area contributed by atoms with Crippen molar-refractivity contribution in [2.45, 2.75) is 6.92 Å². The maximum atomic E-state index is 5.28. The zero-order chi connectivity index (χ0) is 13.9. The van der Waals surface area contributed by atoms with E-state index in [1.165, 1.54) is 0 Å². The molecule has 2 heterocycles. The summed E-state index contributed by atoms with van der Waals surface area (Å²) in [5.41, 5.74) is 2.92. The number of aromatic amines is 1. The lowest BCUT2D eigenvalue weighted by Crippen LogP contribution is -1.98. The number of anilines is 1. The lowest BCUT2D eigenvalue weighted by Gasteiger charge is -2.04. The minimum Gasteiger partial charge on any atom is -0.497 e. The fourth-order valence-electron chi connectivity index (χ4n) is 2.20. The monoisotopic (exact) mass is 268 g/mol. The number of nitrogens with zero attached hydrogens (tertiary/aromatic N) is 2. The van der Waals surface area contributed by atoms with Crippen LogP contribution in [0, 0.1) is 0 Å². The quantitative estimate of drug-likeness (QED) is 0.763. The average Bonchev–Trinajstić information content (AvgIpc) is 2.90. The van der Waals surface area contributed by atoms with Crippen molar-refractivity contribution < 1.29 is 4.74 Å². The number of fused-ring (bicyclic) bond motifs is 1. The third-order valence-corrected chi connectivity index (χ3v) is 3.16. The van der Waals surface area contributed by atoms with E-state index in [2.05, 4.69) is 20.5 Å². The first-order valence-electron chi connectivity index (χ1n) is 6.54. The lowest BCUT2D eigenvalue weighted by molar-refractivity contribution is 0.415. The first kappa shape index (κ1) is 12.5. The Morgan fingerprint density at radius 1 is 1.25 bits per heavy atom. The minimum absolute atomic E-state index is 0.820. The number of hydrogen-bond donors (Lipinski definition) is 2. The molecule has 0 aliphatic rings. The third-order valence-electron chi connectivity index (χ3n) is 3.16. The number of benzene rings is 1. The summed E-state index contributed by atoms with van der Waals surface area (Å²) in [6.45, 7) is 2.88. The molecule has 5 heteroatoms. The van der Waals surface area contributed by atoms with Crippen molar-refractivity contribution in [3.8, 4) is 17.0 Å². The Morgan fingerprint density at radius 3 is 2.95 bits per heavy atom. The van der Waals surface area contributed by atoms with Crippen LogP contribution in [0.1, 0.15) is 6.92 Å². The predicted octanol–water partition coefficient (Wildman–Crippen LogP) is 3.07. The minimum atomic E-state index is 0.820. The Kier molecular flexibility index (Phi) is 3.25. The predicted molar refractivity (Wildman–Crippen MR) is 80.0 cm³/mol. The van der Waals surface area contributed by atoms with Crippen molar-refractivity contribution in [3.05, 3.63) is 36.5 Å². The van der Waals surface area contributed by atoms with Gasteiger partial charge in [-0.1, -0.05) is 0 Å². The van der Waals surface area contributed by atoms with E-state index in [1.807, 2.05) is 37.3 Å². The molecule has 2 N–H and O–H groups in total. The van der Waals surface area contributed by atoms with E-state index in [0.717, 1.165) is 40.3 Å². The number of H-pyrrole nitrogens is 1. The average molecular weight is 268 g/mol. The van der Waals surface area contributed by atoms with E-state index >= 15 is 0 Å². The highest BCUT2D eigenvalue weighted by Gasteiger charge is 2.10. The molecule has 3 rings (SSSR count). The second-order valence-electron chi connectivity index (χ2n) is 4.44. The summed E-state index contributed by atoms with van der Waals surface area (Å²) < 4.78 is 5.28. The van der Waals surface area contributed by atoms with Gasteiger partial charge in [0.15, 0.2) is 0 Å². The molecular formula is C15H16N4O. The van der Waals surface area contributed by atoms with Gasteiger partial charge in [-0.05, 0) is 37.3 Å². The fraction of sp³-hybridized carbons (Fsp3) is 0.200. The summed E-state index contributed by atoms with van der Waals surface area (Å²) in [6, 6.07) is 9.83. The molecule has 0 amide bonds. The summed E-state index contributed by atoms with van der Waals surface area (Å²) in [6.07, 6.45) is 1.79. The van der Waals surface area contributed by atoms with Crippen LogP contribution in [0.15, 0.2) is 36.5 Å². The van der Waals surface area contributed by atoms with Crippen LogP contribution >= 0.6 is 0 Å². The Bertz CT molecular complexity index is 736. The summed E-state index contributed by atoms with van der Waals surface area (Å²) in [4.78, 5) is 4.28. The second-order valence-corrected chi connectivity index (χ2v) is 4.44. The van der Waals surface area contributed by atoms with Gasteiger partial charge in [0.25, 0.3) is 0 Å². The zero-order valence-corrected chi connectivity index (χ0v) is 11.5. The fourth-order valence-corrected chi connectivity index (χ4v) is 2.20. The molecule has 0 atom stereocenters. The molecule has 0 aliphatic carbocycles. The molecule has 3 aromatic rings. The van der Waals surface area contributed by atoms with E-state index in [-0.39, 0.29) is 0 Å². The molecule has 2 aromatic heterocycles. The maximum Gasteiger partial charge on any atom is 0.126 e. The van der Waals surface area contributed by atoms with Crippen LogP contribution in [0.4, 0.5) is 5.82 Å². The normalized spacial score (nSPS) is 10.7. The van der Waals surface area contributed by atoms with Gasteiger partial charge in [0.05, 0.1) is 12.6 Å². The smallest absolute Gasteiger partial charge is 0.126 e. The van der Waals surface area contributed by atoms with Crippen molar-refractivity contribution in [1.82, 2.24) is 15.2 Å². The second kappa shape index (κ2) is 5.21. The summed E-state index contributed by atoms with van der Waals surface area (Å²) in [7, 11) is 1.66. The van der Waals surface area contributed by atoms with E-state index in [1.54, 1.807) is 13.3 Å². The van der Waals surface area contributed by atoms with E-state index < -0.39 is 0 Å². The topological polar surface area (TPSA) is 62.8 Å². The van der Waals surface area contributed by atoms with Gasteiger partial charge >= 0.3 is 0 Å². The molecule has 0 radical (unpaired) electrons. The Balaban J connectivity index is 2.11. The molecule has 0 saturated heterocycles. The summed E-state index contributed by atoms with van der Waals surface area (Å²) in [5.74, 6) is 1.67. The first-order chi connectivity index (χ1) is 9.81. The number of hydrogen-bond acceptors (Lipinski definition) is 4. The van der Waals surface area contributed by atoms with Crippen LogP contribution in [0.5, 0.6) is 5.75 Å². The number of pyridine rings is 1. The highest BCUT2D eigenvalue weighted by atomic mass is 16.5. The molecule has 20 heavy (non-hydrogen) atoms. The summed E-state index contributed by atoms with van der Waals surface area (Å²) in [5, 5.41) is 11.7. The summed E-state index contributed by atoms with van der Waals surface area (Å²) >= 11 is 0. The van der Waals surface area contributed by atoms with Crippen LogP contribution in [0.25, 0.3) is 22.2 Å². The number of aromatic nitrogens is 3. The Hall–Kier alpha value is -2.56. The maximum absolute atomic E-state index is 5.28. The van der Waals surface area contributed by atoms with E-state index in [0.29, 0.717) is 0 Å². The molecule has 0 aliphatic heterocycles. The van der Waals surface area contributed by atoms with E-state index in [9.17, 15) is 0 Å². The SMILES string of the molecule is CCNc1cc(-c2n[nH]c3ccc(OC)cc23)ccn1. The number of ether oxygens (including phenoxy) is 1. The van der Waals surface area contributed by atoms with Gasteiger partial charge in [0.1, 0.15) is 17.3 Å². The van der Waals surface area contributed by atoms with Gasteiger partial charge in [0, 0.05) is 23.7 Å². The number of nitrogens with one attached hydrogen (secondary N) is 2. The molecule has 0 saturated carbocycles. The van der Waals surface area contributed by atoms with Crippen molar-refractivity contribution in [2.24, 2.45) is 0 Å². The number of methoxy groups -OCH3 is 1. The van der Waals surface area contributed by atoms with E-state index in [4.69, 9.17) is 4.74 Å². The molecule has 0 unspecified atom stereocenters. The van der Waals surface area contributed by atoms with Crippen LogP contribution < -0.4 is 10.1 Å². The van der Waals surface area contributed by atoms with Gasteiger partial charge in [-0.15, -0.1) is 0 Å².